The van der Waals surface area contributed by atoms with Crippen LogP contribution in [0.3, 0.4) is 0 Å². The average Bonchev–Trinajstić information content (AvgIpc) is 2.38. The molecule has 0 amide bonds. The molecule has 1 aromatic carbocycles. The zero-order valence-electron chi connectivity index (χ0n) is 9.91. The number of piperidine rings is 1. The Balaban J connectivity index is 2.20. The number of likely N-dealkylation sites (N-methyl/N-ethyl adjacent to an activating group) is 1. The van der Waals surface area contributed by atoms with Gasteiger partial charge >= 0.3 is 0 Å². The van der Waals surface area contributed by atoms with Crippen LogP contribution in [0.1, 0.15) is 18.4 Å². The first-order chi connectivity index (χ1) is 8.20. The molecule has 1 unspecified atom stereocenters. The SMILES string of the molecule is CN(c1cc(F)cc(C#N)c1)C1CCCNC1. The molecule has 1 atom stereocenters. The normalized spacial score (nSPS) is 19.7. The maximum atomic E-state index is 13.3. The van der Waals surface area contributed by atoms with Crippen molar-refractivity contribution in [3.8, 4) is 6.07 Å². The van der Waals surface area contributed by atoms with E-state index in [-0.39, 0.29) is 5.82 Å². The number of hydrogen-bond acceptors (Lipinski definition) is 3. The van der Waals surface area contributed by atoms with Gasteiger partial charge in [-0.05, 0) is 37.6 Å². The Hall–Kier alpha value is -1.60. The highest BCUT2D eigenvalue weighted by atomic mass is 19.1. The smallest absolute Gasteiger partial charge is 0.126 e. The van der Waals surface area contributed by atoms with Crippen molar-refractivity contribution >= 4 is 5.69 Å². The molecule has 3 nitrogen and oxygen atoms in total. The molecule has 2 rings (SSSR count). The van der Waals surface area contributed by atoms with Crippen LogP contribution in [0.5, 0.6) is 0 Å². The van der Waals surface area contributed by atoms with E-state index in [4.69, 9.17) is 5.26 Å². The summed E-state index contributed by atoms with van der Waals surface area (Å²) in [5, 5.41) is 12.2. The zero-order chi connectivity index (χ0) is 12.3. The fourth-order valence-corrected chi connectivity index (χ4v) is 2.22. The van der Waals surface area contributed by atoms with Gasteiger partial charge in [-0.3, -0.25) is 0 Å². The van der Waals surface area contributed by atoms with Crippen LogP contribution in [0.25, 0.3) is 0 Å². The molecular formula is C13H16FN3. The highest BCUT2D eigenvalue weighted by Gasteiger charge is 2.18. The Morgan fingerprint density at radius 3 is 2.94 bits per heavy atom. The third-order valence-electron chi connectivity index (χ3n) is 3.24. The van der Waals surface area contributed by atoms with E-state index in [9.17, 15) is 4.39 Å². The van der Waals surface area contributed by atoms with Crippen LogP contribution in [0.15, 0.2) is 18.2 Å². The average molecular weight is 233 g/mol. The van der Waals surface area contributed by atoms with Crippen LogP contribution in [0.4, 0.5) is 10.1 Å². The van der Waals surface area contributed by atoms with E-state index in [1.165, 1.54) is 12.1 Å². The van der Waals surface area contributed by atoms with E-state index in [2.05, 4.69) is 10.2 Å². The summed E-state index contributed by atoms with van der Waals surface area (Å²) in [4.78, 5) is 2.05. The van der Waals surface area contributed by atoms with Crippen molar-refractivity contribution in [1.29, 1.82) is 5.26 Å². The van der Waals surface area contributed by atoms with E-state index in [0.29, 0.717) is 11.6 Å². The van der Waals surface area contributed by atoms with E-state index < -0.39 is 0 Å². The Kier molecular flexibility index (Phi) is 3.60. The molecule has 0 aromatic heterocycles. The standard InChI is InChI=1S/C13H16FN3/c1-17(12-3-2-4-16-9-12)13-6-10(8-15)5-11(14)7-13/h5-7,12,16H,2-4,9H2,1H3. The van der Waals surface area contributed by atoms with Gasteiger partial charge in [-0.25, -0.2) is 4.39 Å². The first kappa shape index (κ1) is 11.9. The summed E-state index contributed by atoms with van der Waals surface area (Å²) in [5.41, 5.74) is 1.14. The lowest BCUT2D eigenvalue weighted by molar-refractivity contribution is 0.444. The highest BCUT2D eigenvalue weighted by molar-refractivity contribution is 5.52. The van der Waals surface area contributed by atoms with Gasteiger partial charge in [0, 0.05) is 25.3 Å². The van der Waals surface area contributed by atoms with Gasteiger partial charge in [0.1, 0.15) is 5.82 Å². The van der Waals surface area contributed by atoms with Gasteiger partial charge in [-0.15, -0.1) is 0 Å². The minimum Gasteiger partial charge on any atom is -0.370 e. The lowest BCUT2D eigenvalue weighted by Crippen LogP contribution is -2.44. The third-order valence-corrected chi connectivity index (χ3v) is 3.24. The molecular weight excluding hydrogens is 217 g/mol. The second-order valence-electron chi connectivity index (χ2n) is 4.42. The molecule has 1 N–H and O–H groups in total. The first-order valence-corrected chi connectivity index (χ1v) is 5.85. The Labute approximate surface area is 101 Å². The summed E-state index contributed by atoms with van der Waals surface area (Å²) in [5.74, 6) is -0.352. The van der Waals surface area contributed by atoms with Crippen molar-refractivity contribution in [2.45, 2.75) is 18.9 Å². The highest BCUT2D eigenvalue weighted by Crippen LogP contribution is 2.21. The number of rotatable bonds is 2. The van der Waals surface area contributed by atoms with Crippen molar-refractivity contribution in [3.63, 3.8) is 0 Å². The third kappa shape index (κ3) is 2.75. The van der Waals surface area contributed by atoms with Crippen molar-refractivity contribution in [3.05, 3.63) is 29.6 Å². The van der Waals surface area contributed by atoms with Crippen molar-refractivity contribution in [1.82, 2.24) is 5.32 Å². The summed E-state index contributed by atoms with van der Waals surface area (Å²) in [6, 6.07) is 6.83. The number of hydrogen-bond donors (Lipinski definition) is 1. The largest absolute Gasteiger partial charge is 0.370 e. The fourth-order valence-electron chi connectivity index (χ4n) is 2.22. The fraction of sp³-hybridized carbons (Fsp3) is 0.462. The summed E-state index contributed by atoms with van der Waals surface area (Å²) >= 11 is 0. The van der Waals surface area contributed by atoms with Crippen molar-refractivity contribution in [2.24, 2.45) is 0 Å². The second-order valence-corrected chi connectivity index (χ2v) is 4.42. The topological polar surface area (TPSA) is 39.1 Å². The minimum absolute atomic E-state index is 0.352. The van der Waals surface area contributed by atoms with Crippen LogP contribution >= 0.6 is 0 Å². The predicted molar refractivity (Wildman–Crippen MR) is 65.4 cm³/mol. The molecule has 1 saturated heterocycles. The molecule has 90 valence electrons. The summed E-state index contributed by atoms with van der Waals surface area (Å²) in [7, 11) is 1.95. The number of nitrogens with one attached hydrogen (secondary N) is 1. The van der Waals surface area contributed by atoms with Crippen LogP contribution in [0.2, 0.25) is 0 Å². The van der Waals surface area contributed by atoms with Gasteiger partial charge in [0.15, 0.2) is 0 Å². The first-order valence-electron chi connectivity index (χ1n) is 5.85. The number of benzene rings is 1. The van der Waals surface area contributed by atoms with E-state index in [1.807, 2.05) is 13.1 Å². The summed E-state index contributed by atoms with van der Waals surface area (Å²) in [6.45, 7) is 1.96. The van der Waals surface area contributed by atoms with Gasteiger partial charge in [0.2, 0.25) is 0 Å². The molecule has 0 radical (unpaired) electrons. The molecule has 4 heteroatoms. The van der Waals surface area contributed by atoms with Crippen LogP contribution in [0, 0.1) is 17.1 Å². The summed E-state index contributed by atoms with van der Waals surface area (Å²) < 4.78 is 13.3. The molecule has 1 aliphatic rings. The second kappa shape index (κ2) is 5.15. The Morgan fingerprint density at radius 2 is 2.29 bits per heavy atom. The number of anilines is 1. The zero-order valence-corrected chi connectivity index (χ0v) is 9.91. The molecule has 0 saturated carbocycles. The molecule has 1 aromatic rings. The van der Waals surface area contributed by atoms with Gasteiger partial charge in [-0.1, -0.05) is 0 Å². The van der Waals surface area contributed by atoms with E-state index in [1.54, 1.807) is 6.07 Å². The Morgan fingerprint density at radius 1 is 1.47 bits per heavy atom. The monoisotopic (exact) mass is 233 g/mol. The number of halogens is 1. The van der Waals surface area contributed by atoms with Crippen LogP contribution < -0.4 is 10.2 Å². The molecule has 1 heterocycles. The quantitative estimate of drug-likeness (QED) is 0.847. The van der Waals surface area contributed by atoms with E-state index in [0.717, 1.165) is 31.6 Å². The van der Waals surface area contributed by atoms with Crippen molar-refractivity contribution in [2.75, 3.05) is 25.0 Å². The van der Waals surface area contributed by atoms with Gasteiger partial charge in [-0.2, -0.15) is 5.26 Å². The van der Waals surface area contributed by atoms with E-state index >= 15 is 0 Å². The maximum absolute atomic E-state index is 13.3. The molecule has 0 bridgehead atoms. The predicted octanol–water partition coefficient (Wildman–Crippen LogP) is 1.89. The number of nitrogens with zero attached hydrogens (tertiary/aromatic N) is 2. The number of nitriles is 1. The maximum Gasteiger partial charge on any atom is 0.126 e. The lowest BCUT2D eigenvalue weighted by atomic mass is 10.1. The molecule has 0 aliphatic carbocycles. The molecule has 1 aliphatic heterocycles. The van der Waals surface area contributed by atoms with Crippen LogP contribution in [-0.4, -0.2) is 26.2 Å². The molecule has 17 heavy (non-hydrogen) atoms. The van der Waals surface area contributed by atoms with Crippen molar-refractivity contribution < 1.29 is 4.39 Å². The van der Waals surface area contributed by atoms with Gasteiger partial charge in [0.25, 0.3) is 0 Å². The van der Waals surface area contributed by atoms with Crippen LogP contribution in [-0.2, 0) is 0 Å². The van der Waals surface area contributed by atoms with Gasteiger partial charge < -0.3 is 10.2 Å². The molecule has 0 spiro atoms. The molecule has 1 fully saturated rings. The Bertz CT molecular complexity index is 433. The lowest BCUT2D eigenvalue weighted by Gasteiger charge is -2.33. The van der Waals surface area contributed by atoms with Gasteiger partial charge in [0.05, 0.1) is 11.6 Å². The summed E-state index contributed by atoms with van der Waals surface area (Å²) in [6.07, 6.45) is 2.23. The minimum atomic E-state index is -0.352.